The number of halogens is 1. The maximum atomic E-state index is 12.1. The first kappa shape index (κ1) is 15.3. The van der Waals surface area contributed by atoms with E-state index in [1.807, 2.05) is 36.0 Å². The van der Waals surface area contributed by atoms with Crippen LogP contribution in [0.2, 0.25) is 0 Å². The summed E-state index contributed by atoms with van der Waals surface area (Å²) >= 11 is 0. The molecule has 0 aliphatic carbocycles. The van der Waals surface area contributed by atoms with Gasteiger partial charge in [0, 0.05) is 30.2 Å². The van der Waals surface area contributed by atoms with Gasteiger partial charge < -0.3 is 14.6 Å². The average Bonchev–Trinajstić information content (AvgIpc) is 2.94. The van der Waals surface area contributed by atoms with E-state index >= 15 is 0 Å². The van der Waals surface area contributed by atoms with Gasteiger partial charge >= 0.3 is 0 Å². The van der Waals surface area contributed by atoms with Gasteiger partial charge in [-0.25, -0.2) is 14.4 Å². The van der Waals surface area contributed by atoms with Gasteiger partial charge in [0.2, 0.25) is 0 Å². The summed E-state index contributed by atoms with van der Waals surface area (Å²) in [6.45, 7) is -0.493. The van der Waals surface area contributed by atoms with Crippen molar-refractivity contribution in [3.05, 3.63) is 48.9 Å². The van der Waals surface area contributed by atoms with Crippen molar-refractivity contribution in [3.8, 4) is 5.75 Å². The highest BCUT2D eigenvalue weighted by Crippen LogP contribution is 2.27. The minimum atomic E-state index is -0.523. The normalized spacial score (nSPS) is 11.1. The largest absolute Gasteiger partial charge is 0.489 e. The van der Waals surface area contributed by atoms with Crippen molar-refractivity contribution >= 4 is 33.6 Å². The van der Waals surface area contributed by atoms with Crippen LogP contribution in [-0.2, 0) is 7.05 Å². The molecule has 1 N–H and O–H groups in total. The number of nitrogens with zero attached hydrogens (tertiary/aromatic N) is 4. The van der Waals surface area contributed by atoms with Gasteiger partial charge in [-0.2, -0.15) is 0 Å². The third-order valence-corrected chi connectivity index (χ3v) is 3.98. The highest BCUT2D eigenvalue weighted by molar-refractivity contribution is 6.06. The van der Waals surface area contributed by atoms with E-state index in [1.165, 1.54) is 0 Å². The van der Waals surface area contributed by atoms with Crippen LogP contribution in [0.4, 0.5) is 16.0 Å². The predicted octanol–water partition coefficient (Wildman–Crippen LogP) is 3.61. The summed E-state index contributed by atoms with van der Waals surface area (Å²) in [7, 11) is 1.98. The molecule has 0 saturated heterocycles. The van der Waals surface area contributed by atoms with Gasteiger partial charge in [0.25, 0.3) is 0 Å². The number of aryl methyl sites for hydroxylation is 1. The van der Waals surface area contributed by atoms with Crippen molar-refractivity contribution in [1.82, 2.24) is 19.5 Å². The second kappa shape index (κ2) is 6.35. The molecule has 7 heteroatoms. The van der Waals surface area contributed by atoms with Crippen molar-refractivity contribution in [2.45, 2.75) is 0 Å². The molecular formula is C18H16FN5O. The minimum Gasteiger partial charge on any atom is -0.489 e. The monoisotopic (exact) mass is 336 g/mol. The number of aromatic nitrogens is 4. The minimum absolute atomic E-state index is 0.0303. The van der Waals surface area contributed by atoms with Gasteiger partial charge in [-0.05, 0) is 30.3 Å². The SMILES string of the molecule is Cn1c2ccncc2c2ccc(Nc3ccc(OCC[18F])cn3)nc21. The van der Waals surface area contributed by atoms with Gasteiger partial charge in [-0.15, -0.1) is 0 Å². The molecule has 0 bridgehead atoms. The number of pyridine rings is 3. The molecule has 0 spiro atoms. The molecular weight excluding hydrogens is 320 g/mol. The molecule has 0 aliphatic rings. The second-order valence-electron chi connectivity index (χ2n) is 5.56. The number of alkyl halides is 1. The fourth-order valence-electron chi connectivity index (χ4n) is 2.81. The Morgan fingerprint density at radius 1 is 1.08 bits per heavy atom. The molecule has 126 valence electrons. The molecule has 0 radical (unpaired) electrons. The quantitative estimate of drug-likeness (QED) is 0.603. The molecule has 4 heterocycles. The Kier molecular flexibility index (Phi) is 3.89. The first-order valence-electron chi connectivity index (χ1n) is 7.87. The molecule has 0 saturated carbocycles. The second-order valence-corrected chi connectivity index (χ2v) is 5.56. The molecule has 0 aromatic carbocycles. The van der Waals surface area contributed by atoms with Crippen LogP contribution in [0.5, 0.6) is 5.75 Å². The Morgan fingerprint density at radius 3 is 2.76 bits per heavy atom. The Balaban J connectivity index is 1.63. The predicted molar refractivity (Wildman–Crippen MR) is 95.0 cm³/mol. The highest BCUT2D eigenvalue weighted by atomic mass is 18.2. The Bertz CT molecular complexity index is 1030. The van der Waals surface area contributed by atoms with Gasteiger partial charge in [0.15, 0.2) is 0 Å². The van der Waals surface area contributed by atoms with E-state index in [4.69, 9.17) is 4.74 Å². The van der Waals surface area contributed by atoms with E-state index in [-0.39, 0.29) is 6.61 Å². The molecule has 4 rings (SSSR count). The molecule has 6 nitrogen and oxygen atoms in total. The first-order valence-corrected chi connectivity index (χ1v) is 7.87. The van der Waals surface area contributed by atoms with E-state index in [0.717, 1.165) is 21.9 Å². The topological polar surface area (TPSA) is 64.9 Å². The van der Waals surface area contributed by atoms with Crippen molar-refractivity contribution in [1.29, 1.82) is 0 Å². The molecule has 25 heavy (non-hydrogen) atoms. The Morgan fingerprint density at radius 2 is 1.96 bits per heavy atom. The zero-order chi connectivity index (χ0) is 17.2. The fraction of sp³-hybridized carbons (Fsp3) is 0.167. The van der Waals surface area contributed by atoms with Crippen LogP contribution in [0, 0.1) is 0 Å². The lowest BCUT2D eigenvalue weighted by Gasteiger charge is -2.07. The van der Waals surface area contributed by atoms with Crippen molar-refractivity contribution in [2.24, 2.45) is 7.05 Å². The molecule has 0 aliphatic heterocycles. The summed E-state index contributed by atoms with van der Waals surface area (Å²) < 4.78 is 19.3. The molecule has 0 atom stereocenters. The smallest absolute Gasteiger partial charge is 0.143 e. The van der Waals surface area contributed by atoms with Crippen LogP contribution in [0.1, 0.15) is 0 Å². The zero-order valence-corrected chi connectivity index (χ0v) is 13.6. The summed E-state index contributed by atoms with van der Waals surface area (Å²) in [5, 5.41) is 5.30. The average molecular weight is 336 g/mol. The van der Waals surface area contributed by atoms with E-state index in [2.05, 4.69) is 20.3 Å². The number of hydrogen-bond donors (Lipinski definition) is 1. The summed E-state index contributed by atoms with van der Waals surface area (Å²) in [5.41, 5.74) is 1.96. The van der Waals surface area contributed by atoms with Gasteiger partial charge in [-0.1, -0.05) is 0 Å². The van der Waals surface area contributed by atoms with E-state index < -0.39 is 6.67 Å². The standard InChI is InChI=1S/C18H16FN5O/c1-24-15-6-8-20-11-14(15)13-3-5-17(23-18(13)24)22-16-4-2-12(10-21-16)25-9-7-19/h2-6,8,10-11H,7,9H2,1H3,(H,21,22,23)/i19-1. The van der Waals surface area contributed by atoms with Crippen LogP contribution in [0.3, 0.4) is 0 Å². The molecule has 0 unspecified atom stereocenters. The maximum absolute atomic E-state index is 12.1. The summed E-state index contributed by atoms with van der Waals surface area (Å²) in [4.78, 5) is 13.1. The number of rotatable bonds is 5. The fourth-order valence-corrected chi connectivity index (χ4v) is 2.81. The van der Waals surface area contributed by atoms with Crippen LogP contribution in [0.15, 0.2) is 48.9 Å². The summed E-state index contributed by atoms with van der Waals surface area (Å²) in [5.74, 6) is 1.86. The van der Waals surface area contributed by atoms with E-state index in [1.54, 1.807) is 24.5 Å². The van der Waals surface area contributed by atoms with Crippen LogP contribution >= 0.6 is 0 Å². The van der Waals surface area contributed by atoms with Crippen LogP contribution in [-0.4, -0.2) is 32.8 Å². The van der Waals surface area contributed by atoms with Crippen molar-refractivity contribution < 1.29 is 9.13 Å². The Hall–Kier alpha value is -3.22. The number of ether oxygens (including phenoxy) is 1. The van der Waals surface area contributed by atoms with Crippen LogP contribution < -0.4 is 10.1 Å². The maximum Gasteiger partial charge on any atom is 0.143 e. The lowest BCUT2D eigenvalue weighted by Crippen LogP contribution is -2.00. The number of fused-ring (bicyclic) bond motifs is 3. The molecule has 0 fully saturated rings. The third-order valence-electron chi connectivity index (χ3n) is 3.98. The number of nitrogens with one attached hydrogen (secondary N) is 1. The summed E-state index contributed by atoms with van der Waals surface area (Å²) in [6, 6.07) is 9.41. The molecule has 4 aromatic heterocycles. The van der Waals surface area contributed by atoms with E-state index in [0.29, 0.717) is 17.4 Å². The molecule has 0 amide bonds. The lowest BCUT2D eigenvalue weighted by atomic mass is 10.2. The molecule has 4 aromatic rings. The van der Waals surface area contributed by atoms with E-state index in [9.17, 15) is 4.39 Å². The zero-order valence-electron chi connectivity index (χ0n) is 13.6. The summed E-state index contributed by atoms with van der Waals surface area (Å²) in [6.07, 6.45) is 5.18. The van der Waals surface area contributed by atoms with Crippen LogP contribution in [0.25, 0.3) is 21.9 Å². The van der Waals surface area contributed by atoms with Gasteiger partial charge in [0.1, 0.15) is 36.3 Å². The highest BCUT2D eigenvalue weighted by Gasteiger charge is 2.10. The third kappa shape index (κ3) is 2.84. The van der Waals surface area contributed by atoms with Crippen molar-refractivity contribution in [2.75, 3.05) is 18.6 Å². The lowest BCUT2D eigenvalue weighted by molar-refractivity contribution is 0.272. The Labute approximate surface area is 143 Å². The number of anilines is 2. The van der Waals surface area contributed by atoms with Gasteiger partial charge in [-0.3, -0.25) is 4.98 Å². The number of hydrogen-bond acceptors (Lipinski definition) is 5. The first-order chi connectivity index (χ1) is 12.3. The van der Waals surface area contributed by atoms with Gasteiger partial charge in [0.05, 0.1) is 11.7 Å². The van der Waals surface area contributed by atoms with Crippen molar-refractivity contribution in [3.63, 3.8) is 0 Å².